The number of alkyl halides is 3. The van der Waals surface area contributed by atoms with Crippen molar-refractivity contribution in [2.75, 3.05) is 19.3 Å². The number of carbonyl (C=O) groups is 1. The molecule has 0 bridgehead atoms. The molecule has 2 amide bonds. The smallest absolute Gasteiger partial charge is 0.337 e. The summed E-state index contributed by atoms with van der Waals surface area (Å²) in [5.41, 5.74) is 0. The maximum Gasteiger partial charge on any atom is 0.405 e. The Balaban J connectivity index is 3.57. The minimum absolute atomic E-state index is 0.187. The van der Waals surface area contributed by atoms with E-state index in [4.69, 9.17) is 0 Å². The molecule has 1 atom stereocenters. The summed E-state index contributed by atoms with van der Waals surface area (Å²) in [6.45, 7) is 0.923. The van der Waals surface area contributed by atoms with Gasteiger partial charge in [-0.1, -0.05) is 6.92 Å². The minimum atomic E-state index is -4.36. The monoisotopic (exact) mass is 230 g/mol. The van der Waals surface area contributed by atoms with Crippen molar-refractivity contribution in [2.45, 2.75) is 18.3 Å². The van der Waals surface area contributed by atoms with Gasteiger partial charge in [-0.3, -0.25) is 0 Å². The predicted molar refractivity (Wildman–Crippen MR) is 50.4 cm³/mol. The molecular formula is C7H13F3N2OS. The van der Waals surface area contributed by atoms with Gasteiger partial charge in [0.25, 0.3) is 0 Å². The first kappa shape index (κ1) is 13.4. The van der Waals surface area contributed by atoms with Crippen molar-refractivity contribution >= 4 is 17.8 Å². The molecule has 84 valence electrons. The highest BCUT2D eigenvalue weighted by molar-refractivity contribution is 7.99. The van der Waals surface area contributed by atoms with Crippen LogP contribution in [0.5, 0.6) is 0 Å². The maximum atomic E-state index is 11.6. The molecule has 0 aliphatic heterocycles. The summed E-state index contributed by atoms with van der Waals surface area (Å²) in [6.07, 6.45) is -2.50. The van der Waals surface area contributed by atoms with E-state index < -0.39 is 18.8 Å². The number of rotatable bonds is 4. The average molecular weight is 230 g/mol. The Hall–Kier alpha value is -0.590. The summed E-state index contributed by atoms with van der Waals surface area (Å²) < 4.78 is 34.9. The predicted octanol–water partition coefficient (Wildman–Crippen LogP) is 1.60. The molecule has 0 aliphatic carbocycles. The summed E-state index contributed by atoms with van der Waals surface area (Å²) >= 11 is 1.53. The Labute approximate surface area is 84.8 Å². The fourth-order valence-electron chi connectivity index (χ4n) is 0.563. The number of halogens is 3. The van der Waals surface area contributed by atoms with Crippen molar-refractivity contribution in [3.8, 4) is 0 Å². The van der Waals surface area contributed by atoms with Crippen LogP contribution in [0.2, 0.25) is 0 Å². The lowest BCUT2D eigenvalue weighted by Gasteiger charge is -2.12. The molecule has 2 N–H and O–H groups in total. The molecule has 3 nitrogen and oxygen atoms in total. The van der Waals surface area contributed by atoms with Gasteiger partial charge in [0.2, 0.25) is 0 Å². The Morgan fingerprint density at radius 1 is 1.43 bits per heavy atom. The van der Waals surface area contributed by atoms with Crippen LogP contribution in [-0.2, 0) is 0 Å². The number of hydrogen-bond donors (Lipinski definition) is 2. The van der Waals surface area contributed by atoms with Gasteiger partial charge in [0.15, 0.2) is 0 Å². The molecule has 0 aromatic heterocycles. The molecule has 0 aliphatic rings. The molecule has 7 heteroatoms. The van der Waals surface area contributed by atoms with Gasteiger partial charge in [-0.25, -0.2) is 4.79 Å². The molecule has 0 aromatic carbocycles. The summed E-state index contributed by atoms with van der Waals surface area (Å²) in [4.78, 5) is 10.8. The van der Waals surface area contributed by atoms with Crippen molar-refractivity contribution in [3.63, 3.8) is 0 Å². The van der Waals surface area contributed by atoms with Crippen LogP contribution in [0.1, 0.15) is 6.92 Å². The largest absolute Gasteiger partial charge is 0.405 e. The van der Waals surface area contributed by atoms with E-state index in [-0.39, 0.29) is 5.25 Å². The van der Waals surface area contributed by atoms with Crippen LogP contribution in [0.25, 0.3) is 0 Å². The zero-order valence-electron chi connectivity index (χ0n) is 7.94. The van der Waals surface area contributed by atoms with Crippen LogP contribution >= 0.6 is 11.8 Å². The SMILES string of the molecule is CSC(C)CNC(=O)NCC(F)(F)F. The van der Waals surface area contributed by atoms with Crippen LogP contribution in [-0.4, -0.2) is 36.8 Å². The Morgan fingerprint density at radius 3 is 2.43 bits per heavy atom. The molecule has 1 unspecified atom stereocenters. The van der Waals surface area contributed by atoms with Gasteiger partial charge in [0, 0.05) is 11.8 Å². The zero-order chi connectivity index (χ0) is 11.2. The van der Waals surface area contributed by atoms with E-state index >= 15 is 0 Å². The third-order valence-electron chi connectivity index (χ3n) is 1.40. The van der Waals surface area contributed by atoms with E-state index in [9.17, 15) is 18.0 Å². The van der Waals surface area contributed by atoms with E-state index in [1.54, 1.807) is 5.32 Å². The number of carbonyl (C=O) groups excluding carboxylic acids is 1. The van der Waals surface area contributed by atoms with Gasteiger partial charge < -0.3 is 10.6 Å². The second kappa shape index (κ2) is 6.00. The van der Waals surface area contributed by atoms with Gasteiger partial charge in [-0.05, 0) is 6.26 Å². The molecular weight excluding hydrogens is 217 g/mol. The van der Waals surface area contributed by atoms with E-state index in [1.807, 2.05) is 13.2 Å². The molecule has 0 fully saturated rings. The molecule has 0 rings (SSSR count). The number of nitrogens with one attached hydrogen (secondary N) is 2. The summed E-state index contributed by atoms with van der Waals surface area (Å²) in [5.74, 6) is 0. The normalized spacial score (nSPS) is 13.5. The first-order valence-corrected chi connectivity index (χ1v) is 5.25. The van der Waals surface area contributed by atoms with Crippen molar-refractivity contribution in [1.29, 1.82) is 0 Å². The van der Waals surface area contributed by atoms with Crippen LogP contribution in [0, 0.1) is 0 Å². The van der Waals surface area contributed by atoms with E-state index in [0.29, 0.717) is 6.54 Å². The second-order valence-electron chi connectivity index (χ2n) is 2.73. The molecule has 0 radical (unpaired) electrons. The number of urea groups is 1. The fourth-order valence-corrected chi connectivity index (χ4v) is 0.813. The molecule has 0 saturated heterocycles. The molecule has 0 spiro atoms. The van der Waals surface area contributed by atoms with Crippen molar-refractivity contribution in [1.82, 2.24) is 10.6 Å². The lowest BCUT2D eigenvalue weighted by Crippen LogP contribution is -2.42. The standard InChI is InChI=1S/C7H13F3N2OS/c1-5(14-2)3-11-6(13)12-4-7(8,9)10/h5H,3-4H2,1-2H3,(H2,11,12,13). The van der Waals surface area contributed by atoms with Crippen molar-refractivity contribution in [2.24, 2.45) is 0 Å². The number of hydrogen-bond acceptors (Lipinski definition) is 2. The summed E-state index contributed by atoms with van der Waals surface area (Å²) in [7, 11) is 0. The Morgan fingerprint density at radius 2 is 2.00 bits per heavy atom. The second-order valence-corrected chi connectivity index (χ2v) is 4.00. The van der Waals surface area contributed by atoms with Gasteiger partial charge in [-0.15, -0.1) is 0 Å². The van der Waals surface area contributed by atoms with Gasteiger partial charge in [0.1, 0.15) is 6.54 Å². The van der Waals surface area contributed by atoms with Crippen molar-refractivity contribution in [3.05, 3.63) is 0 Å². The Bertz CT molecular complexity index is 186. The highest BCUT2D eigenvalue weighted by Gasteiger charge is 2.27. The fraction of sp³-hybridized carbons (Fsp3) is 0.857. The zero-order valence-corrected chi connectivity index (χ0v) is 8.76. The lowest BCUT2D eigenvalue weighted by molar-refractivity contribution is -0.122. The molecule has 14 heavy (non-hydrogen) atoms. The highest BCUT2D eigenvalue weighted by Crippen LogP contribution is 2.11. The third-order valence-corrected chi connectivity index (χ3v) is 2.37. The molecule has 0 heterocycles. The average Bonchev–Trinajstić information content (AvgIpc) is 2.09. The summed E-state index contributed by atoms with van der Waals surface area (Å²) in [6, 6.07) is -0.789. The third kappa shape index (κ3) is 8.03. The quantitative estimate of drug-likeness (QED) is 0.770. The maximum absolute atomic E-state index is 11.6. The van der Waals surface area contributed by atoms with E-state index in [2.05, 4.69) is 5.32 Å². The van der Waals surface area contributed by atoms with Crippen LogP contribution < -0.4 is 10.6 Å². The van der Waals surface area contributed by atoms with Crippen LogP contribution in [0.3, 0.4) is 0 Å². The number of amides is 2. The molecule has 0 saturated carbocycles. The van der Waals surface area contributed by atoms with Crippen molar-refractivity contribution < 1.29 is 18.0 Å². The van der Waals surface area contributed by atoms with Crippen LogP contribution in [0.4, 0.5) is 18.0 Å². The topological polar surface area (TPSA) is 41.1 Å². The minimum Gasteiger partial charge on any atom is -0.337 e. The van der Waals surface area contributed by atoms with E-state index in [0.717, 1.165) is 0 Å². The first-order valence-electron chi connectivity index (χ1n) is 3.96. The number of thioether (sulfide) groups is 1. The summed E-state index contributed by atoms with van der Waals surface area (Å²) in [5, 5.41) is 4.24. The van der Waals surface area contributed by atoms with E-state index in [1.165, 1.54) is 11.8 Å². The van der Waals surface area contributed by atoms with Gasteiger partial charge in [0.05, 0.1) is 0 Å². The molecule has 0 aromatic rings. The van der Waals surface area contributed by atoms with Gasteiger partial charge in [-0.2, -0.15) is 24.9 Å². The first-order chi connectivity index (χ1) is 6.35. The van der Waals surface area contributed by atoms with Gasteiger partial charge >= 0.3 is 12.2 Å². The highest BCUT2D eigenvalue weighted by atomic mass is 32.2. The lowest BCUT2D eigenvalue weighted by atomic mass is 10.5. The van der Waals surface area contributed by atoms with Crippen LogP contribution in [0.15, 0.2) is 0 Å². The Kier molecular flexibility index (Phi) is 5.75.